The highest BCUT2D eigenvalue weighted by atomic mass is 32.2. The van der Waals surface area contributed by atoms with Gasteiger partial charge in [0.2, 0.25) is 0 Å². The zero-order valence-corrected chi connectivity index (χ0v) is 24.1. The molecule has 0 aromatic heterocycles. The molecule has 1 fully saturated rings. The van der Waals surface area contributed by atoms with E-state index in [2.05, 4.69) is 43.1 Å². The van der Waals surface area contributed by atoms with Gasteiger partial charge in [-0.25, -0.2) is 8.42 Å². The van der Waals surface area contributed by atoms with Gasteiger partial charge < -0.3 is 14.8 Å². The minimum absolute atomic E-state index is 0.124. The van der Waals surface area contributed by atoms with Gasteiger partial charge in [-0.3, -0.25) is 14.0 Å². The lowest BCUT2D eigenvalue weighted by molar-refractivity contribution is -0.127. The van der Waals surface area contributed by atoms with Crippen LogP contribution in [0.2, 0.25) is 0 Å². The number of rotatable bonds is 7. The second-order valence-electron chi connectivity index (χ2n) is 11.3. The summed E-state index contributed by atoms with van der Waals surface area (Å²) in [7, 11) is -3.93. The molecular weight excluding hydrogens is 526 g/mol. The van der Waals surface area contributed by atoms with Crippen LogP contribution in [0.5, 0.6) is 5.75 Å². The van der Waals surface area contributed by atoms with Crippen molar-refractivity contribution in [2.75, 3.05) is 37.2 Å². The fourth-order valence-corrected chi connectivity index (χ4v) is 6.45. The van der Waals surface area contributed by atoms with E-state index < -0.39 is 16.1 Å². The average Bonchev–Trinajstić information content (AvgIpc) is 2.95. The largest absolute Gasteiger partial charge is 0.476 e. The number of hydrogen-bond acceptors (Lipinski definition) is 6. The Bertz CT molecular complexity index is 1450. The maximum atomic E-state index is 13.8. The summed E-state index contributed by atoms with van der Waals surface area (Å²) >= 11 is 0. The number of fused-ring (bicyclic) bond motifs is 1. The Morgan fingerprint density at radius 1 is 0.950 bits per heavy atom. The van der Waals surface area contributed by atoms with Gasteiger partial charge in [0.1, 0.15) is 5.75 Å². The average molecular weight is 564 g/mol. The summed E-state index contributed by atoms with van der Waals surface area (Å²) in [6.07, 6.45) is -0.997. The monoisotopic (exact) mass is 563 g/mol. The molecule has 2 aliphatic rings. The van der Waals surface area contributed by atoms with Gasteiger partial charge in [0.25, 0.3) is 15.9 Å². The standard InChI is InChI=1S/C31H37N3O5S/c1-31(2,3)25-12-13-28-27(19-25)34(40(36,37)26-10-5-4-6-11-26)22-29(39-28)30(35)32-20-23-8-7-9-24(18-23)21-33-14-16-38-17-15-33/h4-13,18-19,29H,14-17,20-22H2,1-3H3,(H,32,35)/t29-/m1/s1. The number of benzene rings is 3. The van der Waals surface area contributed by atoms with E-state index in [0.29, 0.717) is 18.0 Å². The molecule has 0 bridgehead atoms. The van der Waals surface area contributed by atoms with Crippen LogP contribution in [0.25, 0.3) is 0 Å². The van der Waals surface area contributed by atoms with Crippen molar-refractivity contribution in [1.82, 2.24) is 10.2 Å². The summed E-state index contributed by atoms with van der Waals surface area (Å²) in [5.41, 5.74) is 3.37. The van der Waals surface area contributed by atoms with Crippen molar-refractivity contribution < 1.29 is 22.7 Å². The molecule has 0 saturated carbocycles. The Labute approximate surface area is 236 Å². The van der Waals surface area contributed by atoms with Gasteiger partial charge in [0, 0.05) is 26.2 Å². The van der Waals surface area contributed by atoms with Crippen LogP contribution in [0.1, 0.15) is 37.5 Å². The second kappa shape index (κ2) is 11.6. The van der Waals surface area contributed by atoms with E-state index in [-0.39, 0.29) is 22.8 Å². The van der Waals surface area contributed by atoms with Gasteiger partial charge in [0.05, 0.1) is 30.3 Å². The molecule has 40 heavy (non-hydrogen) atoms. The summed E-state index contributed by atoms with van der Waals surface area (Å²) in [4.78, 5) is 15.9. The lowest BCUT2D eigenvalue weighted by atomic mass is 9.86. The summed E-state index contributed by atoms with van der Waals surface area (Å²) in [6, 6.07) is 22.0. The van der Waals surface area contributed by atoms with Crippen LogP contribution in [0.4, 0.5) is 5.69 Å². The zero-order valence-electron chi connectivity index (χ0n) is 23.3. The third-order valence-electron chi connectivity index (χ3n) is 7.29. The molecule has 0 radical (unpaired) electrons. The van der Waals surface area contributed by atoms with E-state index in [4.69, 9.17) is 9.47 Å². The van der Waals surface area contributed by atoms with Gasteiger partial charge in [0.15, 0.2) is 6.10 Å². The molecule has 1 saturated heterocycles. The minimum Gasteiger partial charge on any atom is -0.476 e. The normalized spacial score (nSPS) is 18.1. The third kappa shape index (κ3) is 6.32. The smallest absolute Gasteiger partial charge is 0.264 e. The molecule has 9 heteroatoms. The van der Waals surface area contributed by atoms with E-state index in [1.54, 1.807) is 36.4 Å². The van der Waals surface area contributed by atoms with Gasteiger partial charge >= 0.3 is 0 Å². The molecular formula is C31H37N3O5S. The van der Waals surface area contributed by atoms with Crippen LogP contribution in [0.3, 0.4) is 0 Å². The third-order valence-corrected chi connectivity index (χ3v) is 9.08. The number of ether oxygens (including phenoxy) is 2. The summed E-state index contributed by atoms with van der Waals surface area (Å²) in [5.74, 6) is 0.00352. The number of hydrogen-bond donors (Lipinski definition) is 1. The number of amides is 1. The lowest BCUT2D eigenvalue weighted by Crippen LogP contribution is -2.50. The Kier molecular flexibility index (Phi) is 8.16. The van der Waals surface area contributed by atoms with Crippen molar-refractivity contribution >= 4 is 21.6 Å². The van der Waals surface area contributed by atoms with Gasteiger partial charge in [-0.2, -0.15) is 0 Å². The molecule has 5 rings (SSSR count). The Morgan fingerprint density at radius 3 is 2.40 bits per heavy atom. The van der Waals surface area contributed by atoms with Crippen LogP contribution in [0.15, 0.2) is 77.7 Å². The van der Waals surface area contributed by atoms with E-state index in [9.17, 15) is 13.2 Å². The zero-order chi connectivity index (χ0) is 28.3. The van der Waals surface area contributed by atoms with Crippen molar-refractivity contribution in [2.24, 2.45) is 0 Å². The molecule has 0 unspecified atom stereocenters. The fraction of sp³-hybridized carbons (Fsp3) is 0.387. The van der Waals surface area contributed by atoms with Crippen LogP contribution in [-0.4, -0.2) is 58.2 Å². The molecule has 1 amide bonds. The predicted molar refractivity (Wildman–Crippen MR) is 155 cm³/mol. The number of sulfonamides is 1. The predicted octanol–water partition coefficient (Wildman–Crippen LogP) is 4.09. The molecule has 2 heterocycles. The van der Waals surface area contributed by atoms with Crippen LogP contribution < -0.4 is 14.4 Å². The molecule has 212 valence electrons. The van der Waals surface area contributed by atoms with Gasteiger partial charge in [-0.05, 0) is 46.4 Å². The number of carbonyl (C=O) groups excluding carboxylic acids is 1. The number of anilines is 1. The van der Waals surface area contributed by atoms with Crippen molar-refractivity contribution in [3.63, 3.8) is 0 Å². The van der Waals surface area contributed by atoms with Crippen LogP contribution in [-0.2, 0) is 38.1 Å². The minimum atomic E-state index is -3.93. The topological polar surface area (TPSA) is 88.2 Å². The number of nitrogens with one attached hydrogen (secondary N) is 1. The molecule has 1 atom stereocenters. The molecule has 3 aromatic rings. The number of morpholine rings is 1. The first kappa shape index (κ1) is 28.1. The molecule has 0 spiro atoms. The quantitative estimate of drug-likeness (QED) is 0.466. The summed E-state index contributed by atoms with van der Waals surface area (Å²) in [6.45, 7) is 10.5. The first-order valence-electron chi connectivity index (χ1n) is 13.7. The lowest BCUT2D eigenvalue weighted by Gasteiger charge is -2.36. The van der Waals surface area contributed by atoms with E-state index in [1.807, 2.05) is 24.3 Å². The Morgan fingerprint density at radius 2 is 1.68 bits per heavy atom. The highest BCUT2D eigenvalue weighted by Gasteiger charge is 2.38. The molecule has 1 N–H and O–H groups in total. The van der Waals surface area contributed by atoms with Crippen molar-refractivity contribution in [3.8, 4) is 5.75 Å². The molecule has 0 aliphatic carbocycles. The van der Waals surface area contributed by atoms with E-state index in [1.165, 1.54) is 9.87 Å². The SMILES string of the molecule is CC(C)(C)c1ccc2c(c1)N(S(=O)(=O)c1ccccc1)C[C@H](C(=O)NCc1cccc(CN3CCOCC3)c1)O2. The fourth-order valence-electron chi connectivity index (χ4n) is 4.96. The Hall–Kier alpha value is -3.40. The van der Waals surface area contributed by atoms with Crippen molar-refractivity contribution in [1.29, 1.82) is 0 Å². The first-order valence-corrected chi connectivity index (χ1v) is 15.1. The van der Waals surface area contributed by atoms with Crippen molar-refractivity contribution in [3.05, 3.63) is 89.5 Å². The van der Waals surface area contributed by atoms with E-state index >= 15 is 0 Å². The maximum absolute atomic E-state index is 13.8. The second-order valence-corrected chi connectivity index (χ2v) is 13.2. The van der Waals surface area contributed by atoms with Crippen LogP contribution in [0, 0.1) is 0 Å². The molecule has 3 aromatic carbocycles. The Balaban J connectivity index is 1.35. The highest BCUT2D eigenvalue weighted by Crippen LogP contribution is 2.40. The molecule has 8 nitrogen and oxygen atoms in total. The first-order chi connectivity index (χ1) is 19.1. The van der Waals surface area contributed by atoms with Gasteiger partial charge in [-0.15, -0.1) is 0 Å². The number of carbonyl (C=O) groups is 1. The highest BCUT2D eigenvalue weighted by molar-refractivity contribution is 7.92. The summed E-state index contributed by atoms with van der Waals surface area (Å²) < 4.78 is 40.4. The number of nitrogens with zero attached hydrogens (tertiary/aromatic N) is 2. The maximum Gasteiger partial charge on any atom is 0.264 e. The molecule has 2 aliphatic heterocycles. The van der Waals surface area contributed by atoms with E-state index in [0.717, 1.165) is 44.0 Å². The summed E-state index contributed by atoms with van der Waals surface area (Å²) in [5, 5.41) is 2.96. The van der Waals surface area contributed by atoms with Crippen molar-refractivity contribution in [2.45, 2.75) is 50.3 Å². The van der Waals surface area contributed by atoms with Gasteiger partial charge in [-0.1, -0.05) is 69.3 Å². The van der Waals surface area contributed by atoms with Crippen LogP contribution >= 0.6 is 0 Å².